The van der Waals surface area contributed by atoms with Crippen LogP contribution in [0, 0.1) is 0 Å². The fourth-order valence-electron chi connectivity index (χ4n) is 2.09. The van der Waals surface area contributed by atoms with E-state index in [4.69, 9.17) is 5.73 Å². The van der Waals surface area contributed by atoms with Crippen LogP contribution in [0.15, 0.2) is 0 Å². The monoisotopic (exact) mass is 184 g/mol. The lowest BCUT2D eigenvalue weighted by Gasteiger charge is -2.24. The molecule has 0 radical (unpaired) electrons. The molecule has 1 aliphatic carbocycles. The summed E-state index contributed by atoms with van der Waals surface area (Å²) in [5, 5.41) is 3.61. The number of rotatable bonds is 3. The van der Waals surface area contributed by atoms with Crippen molar-refractivity contribution in [3.63, 3.8) is 0 Å². The van der Waals surface area contributed by atoms with Crippen molar-refractivity contribution >= 4 is 0 Å². The van der Waals surface area contributed by atoms with Crippen molar-refractivity contribution in [3.8, 4) is 0 Å². The second-order valence-corrected chi connectivity index (χ2v) is 4.35. The number of hydrogen-bond acceptors (Lipinski definition) is 2. The van der Waals surface area contributed by atoms with E-state index in [-0.39, 0.29) is 0 Å². The molecule has 1 aliphatic rings. The average molecular weight is 184 g/mol. The maximum Gasteiger partial charge on any atom is 0.0164 e. The predicted molar refractivity (Wildman–Crippen MR) is 57.8 cm³/mol. The lowest BCUT2D eigenvalue weighted by molar-refractivity contribution is 0.362. The molecule has 3 N–H and O–H groups in total. The van der Waals surface area contributed by atoms with Crippen molar-refractivity contribution in [2.24, 2.45) is 5.73 Å². The highest BCUT2D eigenvalue weighted by atomic mass is 15.0. The maximum absolute atomic E-state index is 5.60. The zero-order chi connectivity index (χ0) is 9.52. The summed E-state index contributed by atoms with van der Waals surface area (Å²) in [5.41, 5.74) is 5.60. The van der Waals surface area contributed by atoms with Gasteiger partial charge in [-0.2, -0.15) is 0 Å². The zero-order valence-corrected chi connectivity index (χ0v) is 8.89. The SMILES string of the molecule is CC(CN)NC1CCCCCCC1. The highest BCUT2D eigenvalue weighted by molar-refractivity contribution is 4.73. The fraction of sp³-hybridized carbons (Fsp3) is 1.00. The summed E-state index contributed by atoms with van der Waals surface area (Å²) < 4.78 is 0. The van der Waals surface area contributed by atoms with Gasteiger partial charge in [0, 0.05) is 18.6 Å². The van der Waals surface area contributed by atoms with Crippen molar-refractivity contribution in [3.05, 3.63) is 0 Å². The van der Waals surface area contributed by atoms with Gasteiger partial charge in [0.25, 0.3) is 0 Å². The fourth-order valence-corrected chi connectivity index (χ4v) is 2.09. The molecule has 2 nitrogen and oxygen atoms in total. The Bertz CT molecular complexity index is 117. The summed E-state index contributed by atoms with van der Waals surface area (Å²) in [4.78, 5) is 0. The third-order valence-electron chi connectivity index (χ3n) is 2.98. The first-order valence-electron chi connectivity index (χ1n) is 5.79. The molecule has 1 rings (SSSR count). The third kappa shape index (κ3) is 4.63. The Hall–Kier alpha value is -0.0800. The van der Waals surface area contributed by atoms with E-state index in [9.17, 15) is 0 Å². The van der Waals surface area contributed by atoms with Crippen molar-refractivity contribution in [2.75, 3.05) is 6.54 Å². The van der Waals surface area contributed by atoms with Crippen LogP contribution in [0.1, 0.15) is 51.9 Å². The van der Waals surface area contributed by atoms with Gasteiger partial charge in [0.15, 0.2) is 0 Å². The zero-order valence-electron chi connectivity index (χ0n) is 8.89. The van der Waals surface area contributed by atoms with Crippen LogP contribution in [0.5, 0.6) is 0 Å². The molecule has 0 spiro atoms. The molecular weight excluding hydrogens is 160 g/mol. The second kappa shape index (κ2) is 6.39. The molecule has 1 atom stereocenters. The summed E-state index contributed by atoms with van der Waals surface area (Å²) in [6.45, 7) is 2.94. The van der Waals surface area contributed by atoms with Crippen LogP contribution in [0.3, 0.4) is 0 Å². The lowest BCUT2D eigenvalue weighted by atomic mass is 9.96. The molecule has 0 aromatic rings. The van der Waals surface area contributed by atoms with Gasteiger partial charge in [-0.05, 0) is 19.8 Å². The van der Waals surface area contributed by atoms with Crippen LogP contribution in [0.4, 0.5) is 0 Å². The molecule has 0 saturated heterocycles. The van der Waals surface area contributed by atoms with E-state index in [0.717, 1.165) is 12.6 Å². The molecule has 0 amide bonds. The minimum absolute atomic E-state index is 0.490. The Kier molecular flexibility index (Phi) is 5.40. The van der Waals surface area contributed by atoms with Gasteiger partial charge in [0.2, 0.25) is 0 Å². The van der Waals surface area contributed by atoms with Crippen LogP contribution in [-0.2, 0) is 0 Å². The van der Waals surface area contributed by atoms with Crippen LogP contribution in [0.2, 0.25) is 0 Å². The van der Waals surface area contributed by atoms with Crippen molar-refractivity contribution < 1.29 is 0 Å². The van der Waals surface area contributed by atoms with E-state index < -0.39 is 0 Å². The molecule has 0 aliphatic heterocycles. The first-order valence-corrected chi connectivity index (χ1v) is 5.79. The maximum atomic E-state index is 5.60. The molecular formula is C11H24N2. The molecule has 1 unspecified atom stereocenters. The molecule has 1 fully saturated rings. The van der Waals surface area contributed by atoms with Crippen LogP contribution in [-0.4, -0.2) is 18.6 Å². The van der Waals surface area contributed by atoms with Gasteiger partial charge in [-0.25, -0.2) is 0 Å². The number of hydrogen-bond donors (Lipinski definition) is 2. The van der Waals surface area contributed by atoms with E-state index >= 15 is 0 Å². The van der Waals surface area contributed by atoms with Crippen molar-refractivity contribution in [1.29, 1.82) is 0 Å². The smallest absolute Gasteiger partial charge is 0.0164 e. The Labute approximate surface area is 82.3 Å². The van der Waals surface area contributed by atoms with Gasteiger partial charge in [0.1, 0.15) is 0 Å². The van der Waals surface area contributed by atoms with Crippen LogP contribution < -0.4 is 11.1 Å². The normalized spacial score (nSPS) is 23.5. The standard InChI is InChI=1S/C11H24N2/c1-10(9-12)13-11-7-5-3-2-4-6-8-11/h10-11,13H,2-9,12H2,1H3. The van der Waals surface area contributed by atoms with E-state index in [0.29, 0.717) is 6.04 Å². The van der Waals surface area contributed by atoms with Gasteiger partial charge in [-0.15, -0.1) is 0 Å². The lowest BCUT2D eigenvalue weighted by Crippen LogP contribution is -2.41. The predicted octanol–water partition coefficient (Wildman–Crippen LogP) is 2.04. The minimum atomic E-state index is 0.490. The van der Waals surface area contributed by atoms with Gasteiger partial charge >= 0.3 is 0 Å². The first kappa shape index (κ1) is 11.0. The molecule has 0 heterocycles. The van der Waals surface area contributed by atoms with E-state index in [1.54, 1.807) is 0 Å². The second-order valence-electron chi connectivity index (χ2n) is 4.35. The van der Waals surface area contributed by atoms with E-state index in [1.165, 1.54) is 44.9 Å². The first-order chi connectivity index (χ1) is 6.33. The molecule has 78 valence electrons. The van der Waals surface area contributed by atoms with E-state index in [1.807, 2.05) is 0 Å². The van der Waals surface area contributed by atoms with Gasteiger partial charge in [0.05, 0.1) is 0 Å². The Balaban J connectivity index is 2.21. The quantitative estimate of drug-likeness (QED) is 0.704. The molecule has 2 heteroatoms. The van der Waals surface area contributed by atoms with Gasteiger partial charge in [-0.3, -0.25) is 0 Å². The Morgan fingerprint density at radius 3 is 2.23 bits per heavy atom. The van der Waals surface area contributed by atoms with Crippen molar-refractivity contribution in [1.82, 2.24) is 5.32 Å². The van der Waals surface area contributed by atoms with Crippen LogP contribution >= 0.6 is 0 Å². The Morgan fingerprint density at radius 1 is 1.15 bits per heavy atom. The van der Waals surface area contributed by atoms with E-state index in [2.05, 4.69) is 12.2 Å². The molecule has 13 heavy (non-hydrogen) atoms. The number of nitrogens with two attached hydrogens (primary N) is 1. The van der Waals surface area contributed by atoms with Crippen molar-refractivity contribution in [2.45, 2.75) is 64.0 Å². The molecule has 1 saturated carbocycles. The highest BCUT2D eigenvalue weighted by Crippen LogP contribution is 2.17. The van der Waals surface area contributed by atoms with Gasteiger partial charge < -0.3 is 11.1 Å². The minimum Gasteiger partial charge on any atom is -0.329 e. The average Bonchev–Trinajstić information content (AvgIpc) is 2.09. The molecule has 0 aromatic heterocycles. The summed E-state index contributed by atoms with van der Waals surface area (Å²) in [6.07, 6.45) is 9.79. The topological polar surface area (TPSA) is 38.0 Å². The summed E-state index contributed by atoms with van der Waals surface area (Å²) >= 11 is 0. The summed E-state index contributed by atoms with van der Waals surface area (Å²) in [7, 11) is 0. The third-order valence-corrected chi connectivity index (χ3v) is 2.98. The summed E-state index contributed by atoms with van der Waals surface area (Å²) in [5.74, 6) is 0. The van der Waals surface area contributed by atoms with Crippen LogP contribution in [0.25, 0.3) is 0 Å². The largest absolute Gasteiger partial charge is 0.329 e. The highest BCUT2D eigenvalue weighted by Gasteiger charge is 2.12. The Morgan fingerprint density at radius 2 is 1.69 bits per heavy atom. The molecule has 0 aromatic carbocycles. The van der Waals surface area contributed by atoms with Gasteiger partial charge in [-0.1, -0.05) is 32.1 Å². The number of nitrogens with one attached hydrogen (secondary N) is 1. The summed E-state index contributed by atoms with van der Waals surface area (Å²) in [6, 6.07) is 1.23. The molecule has 0 bridgehead atoms.